The first-order valence-electron chi connectivity index (χ1n) is 12.4. The van der Waals surface area contributed by atoms with Gasteiger partial charge in [-0.3, -0.25) is 0 Å². The van der Waals surface area contributed by atoms with Crippen molar-refractivity contribution in [1.82, 2.24) is 0 Å². The van der Waals surface area contributed by atoms with Crippen molar-refractivity contribution in [2.45, 2.75) is 60.0 Å². The number of aryl methyl sites for hydroxylation is 2. The van der Waals surface area contributed by atoms with E-state index in [2.05, 4.69) is 19.0 Å². The van der Waals surface area contributed by atoms with Crippen molar-refractivity contribution in [2.24, 2.45) is 5.16 Å². The van der Waals surface area contributed by atoms with Gasteiger partial charge in [0.2, 0.25) is 0 Å². The van der Waals surface area contributed by atoms with E-state index in [1.807, 2.05) is 62.4 Å². The molecule has 0 unspecified atom stereocenters. The summed E-state index contributed by atoms with van der Waals surface area (Å²) in [5, 5.41) is 3.83. The zero-order chi connectivity index (χ0) is 25.3. The van der Waals surface area contributed by atoms with E-state index in [-0.39, 0.29) is 0 Å². The van der Waals surface area contributed by atoms with E-state index in [4.69, 9.17) is 23.8 Å². The van der Waals surface area contributed by atoms with Gasteiger partial charge in [-0.2, -0.15) is 0 Å². The molecule has 2 rings (SSSR count). The van der Waals surface area contributed by atoms with Crippen LogP contribution in [0.2, 0.25) is 0 Å². The lowest BCUT2D eigenvalue weighted by atomic mass is 10.1. The molecule has 0 aliphatic rings. The van der Waals surface area contributed by atoms with Crippen LogP contribution >= 0.6 is 0 Å². The molecule has 2 aromatic carbocycles. The van der Waals surface area contributed by atoms with Crippen molar-refractivity contribution in [3.63, 3.8) is 0 Å². The highest BCUT2D eigenvalue weighted by Gasteiger charge is 2.07. The van der Waals surface area contributed by atoms with Crippen LogP contribution in [0.25, 0.3) is 0 Å². The van der Waals surface area contributed by atoms with Crippen LogP contribution in [-0.2, 0) is 16.2 Å². The molecule has 0 saturated heterocycles. The van der Waals surface area contributed by atoms with Gasteiger partial charge >= 0.3 is 0 Å². The summed E-state index contributed by atoms with van der Waals surface area (Å²) in [6.07, 6.45) is 8.28. The summed E-state index contributed by atoms with van der Waals surface area (Å²) >= 11 is 0. The quantitative estimate of drug-likeness (QED) is 0.107. The third-order valence-electron chi connectivity index (χ3n) is 5.32. The summed E-state index contributed by atoms with van der Waals surface area (Å²) in [5.41, 5.74) is 4.14. The maximum Gasteiger partial charge on any atom is 0.125 e. The van der Waals surface area contributed by atoms with Crippen molar-refractivity contribution in [3.8, 4) is 17.2 Å². The van der Waals surface area contributed by atoms with E-state index in [0.717, 1.165) is 78.5 Å². The summed E-state index contributed by atoms with van der Waals surface area (Å²) in [6, 6.07) is 12.1. The molecule has 192 valence electrons. The molecular formula is C29H41NO5. The molecule has 0 bridgehead atoms. The average molecular weight is 484 g/mol. The molecule has 0 spiro atoms. The van der Waals surface area contributed by atoms with E-state index >= 15 is 0 Å². The Labute approximate surface area is 210 Å². The van der Waals surface area contributed by atoms with Crippen molar-refractivity contribution < 1.29 is 23.8 Å². The van der Waals surface area contributed by atoms with Crippen LogP contribution in [0.4, 0.5) is 0 Å². The number of unbranched alkanes of at least 4 members (excludes halogenated alkanes) is 3. The van der Waals surface area contributed by atoms with E-state index in [1.54, 1.807) is 0 Å². The molecule has 0 radical (unpaired) electrons. The number of rotatable bonds is 17. The maximum atomic E-state index is 6.06. The van der Waals surface area contributed by atoms with E-state index in [9.17, 15) is 0 Å². The minimum atomic E-state index is 0.453. The van der Waals surface area contributed by atoms with Crippen molar-refractivity contribution >= 4 is 5.71 Å². The monoisotopic (exact) mass is 483 g/mol. The van der Waals surface area contributed by atoms with Crippen LogP contribution in [0.5, 0.6) is 17.2 Å². The molecule has 0 saturated carbocycles. The Morgan fingerprint density at radius 1 is 0.857 bits per heavy atom. The van der Waals surface area contributed by atoms with Gasteiger partial charge in [0.05, 0.1) is 32.1 Å². The number of oxime groups is 1. The first-order chi connectivity index (χ1) is 17.0. The van der Waals surface area contributed by atoms with Crippen LogP contribution in [0.1, 0.15) is 56.2 Å². The molecule has 0 aliphatic heterocycles. The van der Waals surface area contributed by atoms with Crippen LogP contribution in [0.3, 0.4) is 0 Å². The molecule has 6 heteroatoms. The Hall–Kier alpha value is -2.99. The molecule has 0 atom stereocenters. The molecule has 35 heavy (non-hydrogen) atoms. The van der Waals surface area contributed by atoms with Crippen LogP contribution in [-0.4, -0.2) is 39.2 Å². The average Bonchev–Trinajstić information content (AvgIpc) is 2.83. The summed E-state index contributed by atoms with van der Waals surface area (Å²) in [5.74, 6) is 2.74. The SMILES string of the molecule is C/C=C/COc1cc(C)c(OCCCCCCOc2ccc(COCC(C)=NOC)cc2)c(C)c1. The van der Waals surface area contributed by atoms with E-state index < -0.39 is 0 Å². The van der Waals surface area contributed by atoms with E-state index in [0.29, 0.717) is 19.8 Å². The van der Waals surface area contributed by atoms with Gasteiger partial charge in [-0.05, 0) is 94.3 Å². The van der Waals surface area contributed by atoms with Crippen molar-refractivity contribution in [2.75, 3.05) is 33.5 Å². The zero-order valence-corrected chi connectivity index (χ0v) is 22.0. The largest absolute Gasteiger partial charge is 0.494 e. The Balaban J connectivity index is 1.57. The first kappa shape index (κ1) is 28.2. The van der Waals surface area contributed by atoms with Crippen LogP contribution in [0, 0.1) is 13.8 Å². The highest BCUT2D eigenvalue weighted by Crippen LogP contribution is 2.28. The van der Waals surface area contributed by atoms with Gasteiger partial charge in [-0.15, -0.1) is 0 Å². The van der Waals surface area contributed by atoms with Gasteiger partial charge in [0, 0.05) is 0 Å². The molecule has 0 aromatic heterocycles. The number of allylic oxidation sites excluding steroid dienone is 1. The molecule has 0 N–H and O–H groups in total. The number of ether oxygens (including phenoxy) is 4. The second kappa shape index (κ2) is 16.6. The third-order valence-corrected chi connectivity index (χ3v) is 5.32. The summed E-state index contributed by atoms with van der Waals surface area (Å²) in [4.78, 5) is 4.72. The highest BCUT2D eigenvalue weighted by molar-refractivity contribution is 5.82. The Morgan fingerprint density at radius 2 is 1.51 bits per heavy atom. The minimum Gasteiger partial charge on any atom is -0.494 e. The number of nitrogens with zero attached hydrogens (tertiary/aromatic N) is 1. The molecule has 0 aliphatic carbocycles. The zero-order valence-electron chi connectivity index (χ0n) is 22.0. The summed E-state index contributed by atoms with van der Waals surface area (Å²) < 4.78 is 23.3. The second-order valence-electron chi connectivity index (χ2n) is 8.52. The Kier molecular flexibility index (Phi) is 13.4. The fraction of sp³-hybridized carbons (Fsp3) is 0.483. The highest BCUT2D eigenvalue weighted by atomic mass is 16.6. The number of hydrogen-bond donors (Lipinski definition) is 0. The molecular weight excluding hydrogens is 442 g/mol. The van der Waals surface area contributed by atoms with Crippen molar-refractivity contribution in [1.29, 1.82) is 0 Å². The Morgan fingerprint density at radius 3 is 2.14 bits per heavy atom. The molecule has 6 nitrogen and oxygen atoms in total. The fourth-order valence-electron chi connectivity index (χ4n) is 3.56. The van der Waals surface area contributed by atoms with Crippen molar-refractivity contribution in [3.05, 3.63) is 65.2 Å². The van der Waals surface area contributed by atoms with Gasteiger partial charge in [-0.25, -0.2) is 0 Å². The first-order valence-corrected chi connectivity index (χ1v) is 12.4. The summed E-state index contributed by atoms with van der Waals surface area (Å²) in [6.45, 7) is 11.0. The molecule has 0 heterocycles. The minimum absolute atomic E-state index is 0.453. The van der Waals surface area contributed by atoms with Gasteiger partial charge in [0.25, 0.3) is 0 Å². The normalized spacial score (nSPS) is 11.6. The maximum absolute atomic E-state index is 6.06. The van der Waals surface area contributed by atoms with E-state index in [1.165, 1.54) is 7.11 Å². The standard InChI is InChI=1S/C29H41NO5/c1-6-7-16-34-28-19-23(2)29(24(3)20-28)35-18-11-9-8-10-17-33-27-14-12-26(13-15-27)22-32-21-25(4)30-31-5/h6-7,12-15,19-20H,8-11,16-18,21-22H2,1-5H3/b7-6+,30-25?. The van der Waals surface area contributed by atoms with Gasteiger partial charge in [0.15, 0.2) is 0 Å². The topological polar surface area (TPSA) is 58.5 Å². The Bertz CT molecular complexity index is 898. The second-order valence-corrected chi connectivity index (χ2v) is 8.52. The number of hydrogen-bond acceptors (Lipinski definition) is 6. The van der Waals surface area contributed by atoms with Crippen LogP contribution < -0.4 is 14.2 Å². The molecule has 0 amide bonds. The summed E-state index contributed by atoms with van der Waals surface area (Å²) in [7, 11) is 1.53. The number of benzene rings is 2. The van der Waals surface area contributed by atoms with Crippen LogP contribution in [0.15, 0.2) is 53.7 Å². The van der Waals surface area contributed by atoms with Gasteiger partial charge in [0.1, 0.15) is 31.0 Å². The predicted molar refractivity (Wildman–Crippen MR) is 142 cm³/mol. The molecule has 2 aromatic rings. The molecule has 0 fully saturated rings. The lowest BCUT2D eigenvalue weighted by Crippen LogP contribution is -2.05. The predicted octanol–water partition coefficient (Wildman–Crippen LogP) is 6.82. The lowest BCUT2D eigenvalue weighted by molar-refractivity contribution is 0.150. The lowest BCUT2D eigenvalue weighted by Gasteiger charge is -2.14. The third kappa shape index (κ3) is 11.3. The van der Waals surface area contributed by atoms with Gasteiger partial charge < -0.3 is 23.8 Å². The smallest absolute Gasteiger partial charge is 0.125 e. The van der Waals surface area contributed by atoms with Gasteiger partial charge in [-0.1, -0.05) is 29.4 Å². The fourth-order valence-corrected chi connectivity index (χ4v) is 3.56.